The van der Waals surface area contributed by atoms with E-state index in [4.69, 9.17) is 0 Å². The van der Waals surface area contributed by atoms with Crippen LogP contribution >= 0.6 is 0 Å². The Hall–Kier alpha value is -1.64. The summed E-state index contributed by atoms with van der Waals surface area (Å²) in [6.45, 7) is 5.38. The Kier molecular flexibility index (Phi) is 5.54. The molecular formula is C19H25NO. The molecule has 0 radical (unpaired) electrons. The molecule has 21 heavy (non-hydrogen) atoms. The van der Waals surface area contributed by atoms with Crippen molar-refractivity contribution in [3.63, 3.8) is 0 Å². The van der Waals surface area contributed by atoms with E-state index in [1.54, 1.807) is 0 Å². The maximum absolute atomic E-state index is 9.53. The minimum absolute atomic E-state index is 0.174. The van der Waals surface area contributed by atoms with Crippen LogP contribution in [0.15, 0.2) is 60.7 Å². The Bertz CT molecular complexity index is 478. The van der Waals surface area contributed by atoms with Gasteiger partial charge < -0.3 is 10.4 Å². The van der Waals surface area contributed by atoms with Gasteiger partial charge in [0.05, 0.1) is 0 Å². The molecule has 0 bridgehead atoms. The highest BCUT2D eigenvalue weighted by Gasteiger charge is 2.35. The van der Waals surface area contributed by atoms with Gasteiger partial charge in [0.15, 0.2) is 0 Å². The van der Waals surface area contributed by atoms with E-state index in [9.17, 15) is 5.11 Å². The summed E-state index contributed by atoms with van der Waals surface area (Å²) >= 11 is 0. The van der Waals surface area contributed by atoms with Crippen LogP contribution in [0.1, 0.15) is 37.3 Å². The zero-order valence-electron chi connectivity index (χ0n) is 12.9. The summed E-state index contributed by atoms with van der Waals surface area (Å²) in [5.74, 6) is 0.215. The fourth-order valence-corrected chi connectivity index (χ4v) is 3.19. The number of nitrogens with one attached hydrogen (secondary N) is 1. The van der Waals surface area contributed by atoms with E-state index in [-0.39, 0.29) is 18.1 Å². The van der Waals surface area contributed by atoms with Crippen LogP contribution < -0.4 is 5.32 Å². The topological polar surface area (TPSA) is 32.3 Å². The molecule has 0 heterocycles. The van der Waals surface area contributed by atoms with Gasteiger partial charge in [-0.2, -0.15) is 0 Å². The van der Waals surface area contributed by atoms with E-state index in [1.165, 1.54) is 11.1 Å². The van der Waals surface area contributed by atoms with Crippen molar-refractivity contribution in [2.45, 2.75) is 31.7 Å². The predicted molar refractivity (Wildman–Crippen MR) is 88.5 cm³/mol. The molecule has 0 aromatic heterocycles. The number of benzene rings is 2. The number of aliphatic hydroxyl groups excluding tert-OH is 1. The molecule has 0 fully saturated rings. The van der Waals surface area contributed by atoms with Crippen LogP contribution in [0.2, 0.25) is 0 Å². The van der Waals surface area contributed by atoms with Gasteiger partial charge in [-0.3, -0.25) is 0 Å². The monoisotopic (exact) mass is 283 g/mol. The van der Waals surface area contributed by atoms with Crippen LogP contribution in [-0.4, -0.2) is 23.8 Å². The third-order valence-corrected chi connectivity index (χ3v) is 4.11. The van der Waals surface area contributed by atoms with Gasteiger partial charge in [0, 0.05) is 18.1 Å². The standard InChI is InChI=1S/C19H25NO/c1-3-20-19(2,14-15-21)18(16-10-6-4-7-11-16)17-12-8-5-9-13-17/h4-13,18,20-21H,3,14-15H2,1-2H3. The summed E-state index contributed by atoms with van der Waals surface area (Å²) in [7, 11) is 0. The van der Waals surface area contributed by atoms with Crippen LogP contribution in [0, 0.1) is 0 Å². The van der Waals surface area contributed by atoms with Gasteiger partial charge in [-0.25, -0.2) is 0 Å². The fourth-order valence-electron chi connectivity index (χ4n) is 3.19. The van der Waals surface area contributed by atoms with Crippen molar-refractivity contribution in [2.24, 2.45) is 0 Å². The smallest absolute Gasteiger partial charge is 0.0448 e. The molecule has 0 spiro atoms. The van der Waals surface area contributed by atoms with Crippen molar-refractivity contribution in [3.8, 4) is 0 Å². The van der Waals surface area contributed by atoms with E-state index in [0.717, 1.165) is 13.0 Å². The average Bonchev–Trinajstić information content (AvgIpc) is 2.50. The normalized spacial score (nSPS) is 14.1. The second kappa shape index (κ2) is 7.39. The van der Waals surface area contributed by atoms with Crippen molar-refractivity contribution >= 4 is 0 Å². The van der Waals surface area contributed by atoms with Gasteiger partial charge in [0.25, 0.3) is 0 Å². The van der Waals surface area contributed by atoms with Crippen molar-refractivity contribution < 1.29 is 5.11 Å². The van der Waals surface area contributed by atoms with E-state index in [1.807, 2.05) is 12.1 Å². The van der Waals surface area contributed by atoms with E-state index in [0.29, 0.717) is 0 Å². The molecule has 0 saturated carbocycles. The highest BCUT2D eigenvalue weighted by molar-refractivity contribution is 5.36. The minimum Gasteiger partial charge on any atom is -0.396 e. The maximum atomic E-state index is 9.53. The number of hydrogen-bond donors (Lipinski definition) is 2. The van der Waals surface area contributed by atoms with Gasteiger partial charge >= 0.3 is 0 Å². The Morgan fingerprint density at radius 2 is 1.43 bits per heavy atom. The molecule has 1 atom stereocenters. The van der Waals surface area contributed by atoms with Crippen molar-refractivity contribution in [1.82, 2.24) is 5.32 Å². The van der Waals surface area contributed by atoms with Gasteiger partial charge in [-0.15, -0.1) is 0 Å². The molecule has 2 aromatic rings. The Labute approximate surface area is 127 Å². The number of hydrogen-bond acceptors (Lipinski definition) is 2. The van der Waals surface area contributed by atoms with Gasteiger partial charge in [0.1, 0.15) is 0 Å². The lowest BCUT2D eigenvalue weighted by Crippen LogP contribution is -2.48. The van der Waals surface area contributed by atoms with E-state index >= 15 is 0 Å². The lowest BCUT2D eigenvalue weighted by molar-refractivity contribution is 0.208. The first-order valence-corrected chi connectivity index (χ1v) is 7.67. The molecule has 0 saturated heterocycles. The van der Waals surface area contributed by atoms with E-state index in [2.05, 4.69) is 67.7 Å². The van der Waals surface area contributed by atoms with Crippen molar-refractivity contribution in [3.05, 3.63) is 71.8 Å². The highest BCUT2D eigenvalue weighted by Crippen LogP contribution is 2.36. The number of likely N-dealkylation sites (N-methyl/N-ethyl adjacent to an activating group) is 1. The third kappa shape index (κ3) is 3.72. The number of rotatable bonds is 7. The lowest BCUT2D eigenvalue weighted by Gasteiger charge is -2.39. The molecule has 0 aliphatic carbocycles. The fraction of sp³-hybridized carbons (Fsp3) is 0.368. The van der Waals surface area contributed by atoms with Crippen LogP contribution in [-0.2, 0) is 0 Å². The molecule has 2 nitrogen and oxygen atoms in total. The summed E-state index contributed by atoms with van der Waals surface area (Å²) in [5, 5.41) is 13.1. The van der Waals surface area contributed by atoms with Gasteiger partial charge in [-0.05, 0) is 31.0 Å². The second-order valence-electron chi connectivity index (χ2n) is 5.68. The zero-order chi connectivity index (χ0) is 15.1. The Morgan fingerprint density at radius 1 is 0.952 bits per heavy atom. The van der Waals surface area contributed by atoms with Crippen molar-refractivity contribution in [2.75, 3.05) is 13.2 Å². The summed E-state index contributed by atoms with van der Waals surface area (Å²) in [6, 6.07) is 21.1. The molecule has 2 aromatic carbocycles. The van der Waals surface area contributed by atoms with Gasteiger partial charge in [0.2, 0.25) is 0 Å². The third-order valence-electron chi connectivity index (χ3n) is 4.11. The predicted octanol–water partition coefficient (Wildman–Crippen LogP) is 3.57. The molecule has 112 valence electrons. The first kappa shape index (κ1) is 15.7. The minimum atomic E-state index is -0.174. The highest BCUT2D eigenvalue weighted by atomic mass is 16.3. The summed E-state index contributed by atoms with van der Waals surface area (Å²) < 4.78 is 0. The Morgan fingerprint density at radius 3 is 1.81 bits per heavy atom. The second-order valence-corrected chi connectivity index (χ2v) is 5.68. The summed E-state index contributed by atoms with van der Waals surface area (Å²) in [5.41, 5.74) is 2.38. The van der Waals surface area contributed by atoms with Crippen LogP contribution in [0.4, 0.5) is 0 Å². The molecule has 2 rings (SSSR count). The van der Waals surface area contributed by atoms with Crippen LogP contribution in [0.25, 0.3) is 0 Å². The SMILES string of the molecule is CCNC(C)(CCO)C(c1ccccc1)c1ccccc1. The number of aliphatic hydroxyl groups is 1. The van der Waals surface area contributed by atoms with E-state index < -0.39 is 0 Å². The zero-order valence-corrected chi connectivity index (χ0v) is 12.9. The Balaban J connectivity index is 2.49. The van der Waals surface area contributed by atoms with Crippen LogP contribution in [0.5, 0.6) is 0 Å². The molecule has 2 heteroatoms. The first-order valence-electron chi connectivity index (χ1n) is 7.67. The molecular weight excluding hydrogens is 258 g/mol. The first-order chi connectivity index (χ1) is 10.2. The molecule has 0 aliphatic rings. The molecule has 2 N–H and O–H groups in total. The largest absolute Gasteiger partial charge is 0.396 e. The van der Waals surface area contributed by atoms with Gasteiger partial charge in [-0.1, -0.05) is 67.6 Å². The molecule has 0 aliphatic heterocycles. The summed E-state index contributed by atoms with van der Waals surface area (Å²) in [6.07, 6.45) is 0.718. The molecule has 0 amide bonds. The average molecular weight is 283 g/mol. The quantitative estimate of drug-likeness (QED) is 0.814. The lowest BCUT2D eigenvalue weighted by atomic mass is 9.74. The summed E-state index contributed by atoms with van der Waals surface area (Å²) in [4.78, 5) is 0. The maximum Gasteiger partial charge on any atom is 0.0448 e. The molecule has 1 unspecified atom stereocenters. The van der Waals surface area contributed by atoms with Crippen molar-refractivity contribution in [1.29, 1.82) is 0 Å². The van der Waals surface area contributed by atoms with Crippen LogP contribution in [0.3, 0.4) is 0 Å².